The van der Waals surface area contributed by atoms with Crippen molar-refractivity contribution in [1.29, 1.82) is 0 Å². The van der Waals surface area contributed by atoms with Gasteiger partial charge in [0, 0.05) is 18.9 Å². The van der Waals surface area contributed by atoms with Crippen molar-refractivity contribution in [3.63, 3.8) is 0 Å². The van der Waals surface area contributed by atoms with E-state index in [2.05, 4.69) is 5.32 Å². The number of carbonyl (C=O) groups is 2. The van der Waals surface area contributed by atoms with Crippen LogP contribution in [0.4, 0.5) is 0 Å². The molecule has 0 aromatic carbocycles. The van der Waals surface area contributed by atoms with E-state index in [0.717, 1.165) is 0 Å². The van der Waals surface area contributed by atoms with Crippen LogP contribution >= 0.6 is 0 Å². The molecule has 17 heavy (non-hydrogen) atoms. The summed E-state index contributed by atoms with van der Waals surface area (Å²) in [5.74, 6) is -0.732. The average molecular weight is 244 g/mol. The van der Waals surface area contributed by atoms with Gasteiger partial charge in [0.15, 0.2) is 0 Å². The largest absolute Gasteiger partial charge is 0.376 e. The zero-order chi connectivity index (χ0) is 12.7. The third kappa shape index (κ3) is 5.65. The first-order valence-corrected chi connectivity index (χ1v) is 5.85. The van der Waals surface area contributed by atoms with Gasteiger partial charge >= 0.3 is 0 Å². The van der Waals surface area contributed by atoms with E-state index in [4.69, 9.17) is 15.2 Å². The Labute approximate surface area is 101 Å². The van der Waals surface area contributed by atoms with Gasteiger partial charge in [-0.3, -0.25) is 9.59 Å². The number of ether oxygens (including phenoxy) is 2. The van der Waals surface area contributed by atoms with Crippen LogP contribution in [0.2, 0.25) is 0 Å². The molecule has 6 heteroatoms. The second-order valence-electron chi connectivity index (χ2n) is 4.21. The van der Waals surface area contributed by atoms with Crippen LogP contribution in [0.25, 0.3) is 0 Å². The maximum absolute atomic E-state index is 11.5. The fourth-order valence-electron chi connectivity index (χ4n) is 1.46. The number of amides is 2. The van der Waals surface area contributed by atoms with Gasteiger partial charge < -0.3 is 20.5 Å². The minimum atomic E-state index is -0.373. The Kier molecular flexibility index (Phi) is 5.93. The number of nitrogens with one attached hydrogen (secondary N) is 1. The highest BCUT2D eigenvalue weighted by Crippen LogP contribution is 2.04. The first kappa shape index (κ1) is 13.9. The molecule has 98 valence electrons. The Bertz CT molecular complexity index is 264. The highest BCUT2D eigenvalue weighted by atomic mass is 16.6. The van der Waals surface area contributed by atoms with Crippen molar-refractivity contribution in [2.75, 3.05) is 26.4 Å². The quantitative estimate of drug-likeness (QED) is 0.654. The lowest BCUT2D eigenvalue weighted by molar-refractivity contribution is -0.125. The fourth-order valence-corrected chi connectivity index (χ4v) is 1.46. The first-order valence-electron chi connectivity index (χ1n) is 5.85. The molecule has 3 N–H and O–H groups in total. The lowest BCUT2D eigenvalue weighted by atomic mass is 10.1. The van der Waals surface area contributed by atoms with E-state index in [9.17, 15) is 9.59 Å². The average Bonchev–Trinajstić information content (AvgIpc) is 2.34. The molecular formula is C11H20N2O4. The molecule has 0 spiro atoms. The Morgan fingerprint density at radius 2 is 2.24 bits per heavy atom. The van der Waals surface area contributed by atoms with Crippen molar-refractivity contribution >= 4 is 11.8 Å². The van der Waals surface area contributed by atoms with Crippen LogP contribution in [-0.4, -0.2) is 44.3 Å². The third-order valence-electron chi connectivity index (χ3n) is 2.70. The maximum Gasteiger partial charge on any atom is 0.220 e. The molecule has 0 bridgehead atoms. The summed E-state index contributed by atoms with van der Waals surface area (Å²) in [6.45, 7) is 3.86. The molecule has 0 radical (unpaired) electrons. The van der Waals surface area contributed by atoms with Crippen LogP contribution in [0.3, 0.4) is 0 Å². The standard InChI is InChI=1S/C11H20N2O4/c1-8(11(12)15)2-3-10(14)13-6-9-7-16-4-5-17-9/h8-9H,2-7H2,1H3,(H2,12,15)(H,13,14)/t8?,9-/m0/s1. The molecule has 0 aliphatic carbocycles. The topological polar surface area (TPSA) is 90.7 Å². The van der Waals surface area contributed by atoms with E-state index in [-0.39, 0.29) is 23.8 Å². The van der Waals surface area contributed by atoms with Crippen molar-refractivity contribution in [2.24, 2.45) is 11.7 Å². The van der Waals surface area contributed by atoms with E-state index < -0.39 is 0 Å². The Hall–Kier alpha value is -1.14. The van der Waals surface area contributed by atoms with Gasteiger partial charge in [-0.25, -0.2) is 0 Å². The van der Waals surface area contributed by atoms with Crippen molar-refractivity contribution in [3.8, 4) is 0 Å². The monoisotopic (exact) mass is 244 g/mol. The molecule has 2 amide bonds. The summed E-state index contributed by atoms with van der Waals surface area (Å²) >= 11 is 0. The molecule has 1 fully saturated rings. The van der Waals surface area contributed by atoms with Crippen LogP contribution < -0.4 is 11.1 Å². The Balaban J connectivity index is 2.10. The number of hydrogen-bond donors (Lipinski definition) is 2. The van der Waals surface area contributed by atoms with E-state index in [1.807, 2.05) is 0 Å². The van der Waals surface area contributed by atoms with Crippen LogP contribution in [0.15, 0.2) is 0 Å². The molecule has 6 nitrogen and oxygen atoms in total. The second-order valence-corrected chi connectivity index (χ2v) is 4.21. The number of primary amides is 1. The second kappa shape index (κ2) is 7.24. The predicted octanol–water partition coefficient (Wildman–Crippen LogP) is -0.580. The SMILES string of the molecule is CC(CCC(=O)NC[C@H]1COCCO1)C(N)=O. The van der Waals surface area contributed by atoms with E-state index >= 15 is 0 Å². The van der Waals surface area contributed by atoms with Gasteiger partial charge in [-0.15, -0.1) is 0 Å². The number of nitrogens with two attached hydrogens (primary N) is 1. The molecule has 1 unspecified atom stereocenters. The zero-order valence-corrected chi connectivity index (χ0v) is 10.1. The normalized spacial score (nSPS) is 21.8. The molecule has 1 aliphatic rings. The van der Waals surface area contributed by atoms with Gasteiger partial charge in [0.2, 0.25) is 11.8 Å². The lowest BCUT2D eigenvalue weighted by Crippen LogP contribution is -2.39. The smallest absolute Gasteiger partial charge is 0.220 e. The number of carbonyl (C=O) groups excluding carboxylic acids is 2. The highest BCUT2D eigenvalue weighted by molar-refractivity contribution is 5.79. The molecule has 1 aliphatic heterocycles. The third-order valence-corrected chi connectivity index (χ3v) is 2.70. The molecule has 1 heterocycles. The molecule has 2 atom stereocenters. The Morgan fingerprint density at radius 1 is 1.47 bits per heavy atom. The van der Waals surface area contributed by atoms with E-state index in [1.54, 1.807) is 6.92 Å². The summed E-state index contributed by atoms with van der Waals surface area (Å²) in [4.78, 5) is 22.2. The van der Waals surface area contributed by atoms with Crippen molar-refractivity contribution in [3.05, 3.63) is 0 Å². The van der Waals surface area contributed by atoms with Crippen molar-refractivity contribution in [1.82, 2.24) is 5.32 Å². The van der Waals surface area contributed by atoms with Gasteiger partial charge in [-0.1, -0.05) is 6.92 Å². The summed E-state index contributed by atoms with van der Waals surface area (Å²) in [5.41, 5.74) is 5.11. The van der Waals surface area contributed by atoms with Gasteiger partial charge in [-0.2, -0.15) is 0 Å². The van der Waals surface area contributed by atoms with Crippen LogP contribution in [0, 0.1) is 5.92 Å². The summed E-state index contributed by atoms with van der Waals surface area (Å²) in [7, 11) is 0. The number of rotatable bonds is 6. The molecule has 1 rings (SSSR count). The minimum absolute atomic E-state index is 0.0683. The summed E-state index contributed by atoms with van der Waals surface area (Å²) < 4.78 is 10.6. The maximum atomic E-state index is 11.5. The van der Waals surface area contributed by atoms with Crippen LogP contribution in [-0.2, 0) is 19.1 Å². The van der Waals surface area contributed by atoms with Crippen molar-refractivity contribution in [2.45, 2.75) is 25.9 Å². The van der Waals surface area contributed by atoms with Crippen LogP contribution in [0.5, 0.6) is 0 Å². The Morgan fingerprint density at radius 3 is 2.82 bits per heavy atom. The summed E-state index contributed by atoms with van der Waals surface area (Å²) in [5, 5.41) is 2.75. The summed E-state index contributed by atoms with van der Waals surface area (Å²) in [6.07, 6.45) is 0.710. The first-order chi connectivity index (χ1) is 8.09. The zero-order valence-electron chi connectivity index (χ0n) is 10.1. The van der Waals surface area contributed by atoms with E-state index in [0.29, 0.717) is 39.2 Å². The number of hydrogen-bond acceptors (Lipinski definition) is 4. The lowest BCUT2D eigenvalue weighted by Gasteiger charge is -2.23. The molecule has 0 aromatic rings. The molecular weight excluding hydrogens is 224 g/mol. The van der Waals surface area contributed by atoms with Gasteiger partial charge in [0.25, 0.3) is 0 Å². The van der Waals surface area contributed by atoms with Crippen molar-refractivity contribution < 1.29 is 19.1 Å². The van der Waals surface area contributed by atoms with Gasteiger partial charge in [0.1, 0.15) is 0 Å². The fraction of sp³-hybridized carbons (Fsp3) is 0.818. The summed E-state index contributed by atoms with van der Waals surface area (Å²) in [6, 6.07) is 0. The molecule has 1 saturated heterocycles. The van der Waals surface area contributed by atoms with Crippen LogP contribution in [0.1, 0.15) is 19.8 Å². The minimum Gasteiger partial charge on any atom is -0.376 e. The molecule has 0 aromatic heterocycles. The van der Waals surface area contributed by atoms with E-state index in [1.165, 1.54) is 0 Å². The van der Waals surface area contributed by atoms with Gasteiger partial charge in [-0.05, 0) is 6.42 Å². The van der Waals surface area contributed by atoms with Gasteiger partial charge in [0.05, 0.1) is 25.9 Å². The highest BCUT2D eigenvalue weighted by Gasteiger charge is 2.16. The predicted molar refractivity (Wildman–Crippen MR) is 61.2 cm³/mol. The molecule has 0 saturated carbocycles.